The first-order valence-electron chi connectivity index (χ1n) is 12.2. The highest BCUT2D eigenvalue weighted by Gasteiger charge is 2.43. The second-order valence-electron chi connectivity index (χ2n) is 9.84. The van der Waals surface area contributed by atoms with Gasteiger partial charge in [0.05, 0.1) is 0 Å². The Morgan fingerprint density at radius 3 is 2.22 bits per heavy atom. The van der Waals surface area contributed by atoms with Crippen LogP contribution < -0.4 is 10.1 Å². The lowest BCUT2D eigenvalue weighted by atomic mass is 10.0. The van der Waals surface area contributed by atoms with Crippen molar-refractivity contribution in [1.82, 2.24) is 4.98 Å². The maximum Gasteiger partial charge on any atom is 0.420 e. The molecule has 37 heavy (non-hydrogen) atoms. The zero-order valence-corrected chi connectivity index (χ0v) is 20.4. The van der Waals surface area contributed by atoms with Crippen molar-refractivity contribution in [1.29, 1.82) is 0 Å². The molecule has 0 radical (unpaired) electrons. The third-order valence-electron chi connectivity index (χ3n) is 6.77. The van der Waals surface area contributed by atoms with E-state index in [1.54, 1.807) is 6.20 Å². The van der Waals surface area contributed by atoms with Crippen LogP contribution in [0, 0.1) is 5.92 Å². The highest BCUT2D eigenvalue weighted by atomic mass is 19.4. The Morgan fingerprint density at radius 2 is 1.65 bits per heavy atom. The van der Waals surface area contributed by atoms with Gasteiger partial charge in [-0.3, -0.25) is 4.79 Å². The lowest BCUT2D eigenvalue weighted by molar-refractivity contribution is -0.145. The molecule has 200 valence electrons. The van der Waals surface area contributed by atoms with Crippen LogP contribution >= 0.6 is 0 Å². The first-order chi connectivity index (χ1) is 17.3. The number of carbonyl (C=O) groups excluding carboxylic acids is 1. The number of rotatable bonds is 7. The van der Waals surface area contributed by atoms with Gasteiger partial charge >= 0.3 is 12.4 Å². The molecule has 1 saturated carbocycles. The Kier molecular flexibility index (Phi) is 7.48. The first kappa shape index (κ1) is 26.9. The molecular formula is C27H28F6N2O2. The van der Waals surface area contributed by atoms with Crippen LogP contribution in [0.5, 0.6) is 11.5 Å². The highest BCUT2D eigenvalue weighted by Crippen LogP contribution is 2.48. The van der Waals surface area contributed by atoms with Gasteiger partial charge in [-0.05, 0) is 54.2 Å². The van der Waals surface area contributed by atoms with E-state index in [9.17, 15) is 31.1 Å². The Balaban J connectivity index is 1.70. The molecule has 2 aromatic carbocycles. The Morgan fingerprint density at radius 1 is 1.03 bits per heavy atom. The largest absolute Gasteiger partial charge is 0.456 e. The number of hydrogen-bond donors (Lipinski definition) is 2. The van der Waals surface area contributed by atoms with E-state index in [4.69, 9.17) is 4.74 Å². The molecule has 10 heteroatoms. The molecule has 0 bridgehead atoms. The summed E-state index contributed by atoms with van der Waals surface area (Å²) < 4.78 is 89.3. The zero-order valence-electron chi connectivity index (χ0n) is 20.4. The lowest BCUT2D eigenvalue weighted by Crippen LogP contribution is -2.18. The van der Waals surface area contributed by atoms with Crippen LogP contribution in [0.15, 0.2) is 36.5 Å². The molecule has 0 aliphatic heterocycles. The lowest BCUT2D eigenvalue weighted by Gasteiger charge is -2.21. The molecule has 2 N–H and O–H groups in total. The maximum atomic E-state index is 14.0. The van der Waals surface area contributed by atoms with Gasteiger partial charge in [0, 0.05) is 29.2 Å². The number of aromatic amines is 1. The number of aromatic nitrogens is 1. The summed E-state index contributed by atoms with van der Waals surface area (Å²) in [7, 11) is 0. The minimum Gasteiger partial charge on any atom is -0.456 e. The first-order valence-corrected chi connectivity index (χ1v) is 12.2. The average Bonchev–Trinajstić information content (AvgIpc) is 3.46. The SMILES string of the molecule is CC(C)c1c[nH]c2ccc(Oc3c(C(F)(F)F)cc(NC(=O)CCC4CCCC4)cc3C(F)(F)F)cc12. The molecule has 1 aliphatic rings. The van der Waals surface area contributed by atoms with E-state index in [0.717, 1.165) is 31.2 Å². The molecular weight excluding hydrogens is 498 g/mol. The van der Waals surface area contributed by atoms with Crippen molar-refractivity contribution in [3.05, 3.63) is 53.2 Å². The zero-order chi connectivity index (χ0) is 27.0. The molecule has 1 heterocycles. The number of nitrogens with one attached hydrogen (secondary N) is 2. The quantitative estimate of drug-likeness (QED) is 0.302. The van der Waals surface area contributed by atoms with Crippen molar-refractivity contribution < 1.29 is 35.9 Å². The summed E-state index contributed by atoms with van der Waals surface area (Å²) in [6.07, 6.45) is -3.94. The molecule has 1 aromatic heterocycles. The van der Waals surface area contributed by atoms with E-state index in [0.29, 0.717) is 35.4 Å². The number of hydrogen-bond acceptors (Lipinski definition) is 2. The van der Waals surface area contributed by atoms with E-state index in [2.05, 4.69) is 10.3 Å². The second kappa shape index (κ2) is 10.3. The van der Waals surface area contributed by atoms with E-state index in [1.807, 2.05) is 13.8 Å². The van der Waals surface area contributed by atoms with Crippen LogP contribution in [-0.2, 0) is 17.1 Å². The van der Waals surface area contributed by atoms with Crippen molar-refractivity contribution in [2.45, 2.75) is 70.6 Å². The van der Waals surface area contributed by atoms with Crippen molar-refractivity contribution >= 4 is 22.5 Å². The van der Waals surface area contributed by atoms with E-state index >= 15 is 0 Å². The summed E-state index contributed by atoms with van der Waals surface area (Å²) in [4.78, 5) is 15.4. The van der Waals surface area contributed by atoms with Gasteiger partial charge in [-0.25, -0.2) is 0 Å². The van der Waals surface area contributed by atoms with Gasteiger partial charge in [-0.2, -0.15) is 26.3 Å². The molecule has 0 atom stereocenters. The smallest absolute Gasteiger partial charge is 0.420 e. The molecule has 0 unspecified atom stereocenters. The normalized spacial score (nSPS) is 15.1. The molecule has 4 nitrogen and oxygen atoms in total. The number of H-pyrrole nitrogens is 1. The van der Waals surface area contributed by atoms with Crippen LogP contribution in [0.2, 0.25) is 0 Å². The summed E-state index contributed by atoms with van der Waals surface area (Å²) in [5.41, 5.74) is -2.29. The van der Waals surface area contributed by atoms with Crippen molar-refractivity contribution in [2.24, 2.45) is 5.92 Å². The van der Waals surface area contributed by atoms with Crippen LogP contribution in [-0.4, -0.2) is 10.9 Å². The third kappa shape index (κ3) is 6.22. The fraction of sp³-hybridized carbons (Fsp3) is 0.444. The highest BCUT2D eigenvalue weighted by molar-refractivity contribution is 5.91. The Bertz CT molecular complexity index is 1240. The number of ether oxygens (including phenoxy) is 1. The number of anilines is 1. The monoisotopic (exact) mass is 526 g/mol. The molecule has 1 aliphatic carbocycles. The number of benzene rings is 2. The summed E-state index contributed by atoms with van der Waals surface area (Å²) in [5.74, 6) is -1.73. The molecule has 3 aromatic rings. The van der Waals surface area contributed by atoms with Crippen LogP contribution in [0.4, 0.5) is 32.0 Å². The number of alkyl halides is 6. The number of halogens is 6. The van der Waals surface area contributed by atoms with Gasteiger partial charge in [0.1, 0.15) is 16.9 Å². The Hall–Kier alpha value is -3.17. The fourth-order valence-electron chi connectivity index (χ4n) is 4.87. The van der Waals surface area contributed by atoms with Crippen molar-refractivity contribution in [3.63, 3.8) is 0 Å². The standard InChI is InChI=1S/C27H28F6N2O2/c1-15(2)20-14-34-23-9-8-18(13-19(20)23)37-25-21(26(28,29)30)11-17(12-22(25)27(31,32)33)35-24(36)10-7-16-5-3-4-6-16/h8-9,11-16,34H,3-7,10H2,1-2H3,(H,35,36). The van der Waals surface area contributed by atoms with Crippen molar-refractivity contribution in [2.75, 3.05) is 5.32 Å². The van der Waals surface area contributed by atoms with E-state index in [1.165, 1.54) is 18.2 Å². The number of amides is 1. The van der Waals surface area contributed by atoms with Crippen LogP contribution in [0.25, 0.3) is 10.9 Å². The molecule has 0 spiro atoms. The minimum atomic E-state index is -5.17. The van der Waals surface area contributed by atoms with E-state index < -0.39 is 40.8 Å². The van der Waals surface area contributed by atoms with E-state index in [-0.39, 0.29) is 18.1 Å². The average molecular weight is 527 g/mol. The Labute approximate surface area is 210 Å². The summed E-state index contributed by atoms with van der Waals surface area (Å²) in [5, 5.41) is 2.86. The predicted molar refractivity (Wildman–Crippen MR) is 129 cm³/mol. The summed E-state index contributed by atoms with van der Waals surface area (Å²) in [6.45, 7) is 3.83. The second-order valence-corrected chi connectivity index (χ2v) is 9.84. The molecule has 1 fully saturated rings. The van der Waals surface area contributed by atoms with Gasteiger partial charge in [0.15, 0.2) is 5.75 Å². The van der Waals surface area contributed by atoms with Crippen LogP contribution in [0.1, 0.15) is 75.0 Å². The molecule has 1 amide bonds. The molecule has 0 saturated heterocycles. The van der Waals surface area contributed by atoms with Crippen LogP contribution in [0.3, 0.4) is 0 Å². The number of fused-ring (bicyclic) bond motifs is 1. The molecule has 4 rings (SSSR count). The maximum absolute atomic E-state index is 14.0. The number of carbonyl (C=O) groups is 1. The topological polar surface area (TPSA) is 54.1 Å². The van der Waals surface area contributed by atoms with Crippen molar-refractivity contribution in [3.8, 4) is 11.5 Å². The predicted octanol–water partition coefficient (Wildman–Crippen LogP) is 9.03. The summed E-state index contributed by atoms with van der Waals surface area (Å²) in [6, 6.07) is 5.25. The summed E-state index contributed by atoms with van der Waals surface area (Å²) >= 11 is 0. The van der Waals surface area contributed by atoms with Gasteiger partial charge in [0.25, 0.3) is 0 Å². The van der Waals surface area contributed by atoms with Gasteiger partial charge in [-0.15, -0.1) is 0 Å². The van der Waals surface area contributed by atoms with Gasteiger partial charge in [-0.1, -0.05) is 39.5 Å². The van der Waals surface area contributed by atoms with Gasteiger partial charge in [0.2, 0.25) is 5.91 Å². The third-order valence-corrected chi connectivity index (χ3v) is 6.77. The fourth-order valence-corrected chi connectivity index (χ4v) is 4.87. The van der Waals surface area contributed by atoms with Gasteiger partial charge < -0.3 is 15.0 Å². The minimum absolute atomic E-state index is 0.0283.